The molecule has 1 radical (unpaired) electrons. The Labute approximate surface area is 208 Å². The van der Waals surface area contributed by atoms with E-state index in [0.29, 0.717) is 11.5 Å². The summed E-state index contributed by atoms with van der Waals surface area (Å²) in [5, 5.41) is 0. The number of allylic oxidation sites excluding steroid dienone is 3. The zero-order valence-corrected chi connectivity index (χ0v) is 23.1. The van der Waals surface area contributed by atoms with Gasteiger partial charge in [-0.3, -0.25) is 0 Å². The van der Waals surface area contributed by atoms with Crippen LogP contribution in [0.3, 0.4) is 0 Å². The Kier molecular flexibility index (Phi) is 16.7. The van der Waals surface area contributed by atoms with Gasteiger partial charge in [0.15, 0.2) is 0 Å². The van der Waals surface area contributed by atoms with E-state index in [-0.39, 0.29) is 52.4 Å². The first-order chi connectivity index (χ1) is 12.4. The first-order valence-corrected chi connectivity index (χ1v) is 14.1. The molecule has 0 aromatic heterocycles. The van der Waals surface area contributed by atoms with Crippen molar-refractivity contribution in [2.24, 2.45) is 11.3 Å². The van der Waals surface area contributed by atoms with E-state index in [0.717, 1.165) is 25.7 Å². The van der Waals surface area contributed by atoms with E-state index >= 15 is 0 Å². The second kappa shape index (κ2) is 15.3. The van der Waals surface area contributed by atoms with Crippen molar-refractivity contribution in [1.29, 1.82) is 0 Å². The summed E-state index contributed by atoms with van der Waals surface area (Å²) in [6.07, 6.45) is 17.8. The molecule has 29 heavy (non-hydrogen) atoms. The quantitative estimate of drug-likeness (QED) is 0.544. The standard InChI is InChI=1S/C23H41NOSi.2ClH.Ti/c1-5-19-16-15-18(2)21(19)23(22(24)25)17-13-11-9-7-6-8-10-12-14-20(23)26(3)4;;;/h15-16,18,20,26H,5-14,17H2,1-4H3,(H2,24,25);2*1H;/q;;;+3/p-3. The average molecular weight is 493 g/mol. The molecule has 165 valence electrons. The summed E-state index contributed by atoms with van der Waals surface area (Å²) in [6, 6.07) is 0. The molecule has 0 spiro atoms. The van der Waals surface area contributed by atoms with Gasteiger partial charge in [-0.2, -0.15) is 0 Å². The van der Waals surface area contributed by atoms with Crippen molar-refractivity contribution in [3.8, 4) is 0 Å². The SMILES string of the molecule is CCC1=C(C2(C([NH-])=O)CCCCCCCCCCC2[SiH](C)C)C(C)C=C1.[Cl-].[Cl-].[Ti+3]. The monoisotopic (exact) mass is 492 g/mol. The molecule has 2 aliphatic rings. The van der Waals surface area contributed by atoms with Crippen molar-refractivity contribution in [3.05, 3.63) is 29.0 Å². The van der Waals surface area contributed by atoms with E-state index in [1.165, 1.54) is 56.1 Å². The largest absolute Gasteiger partial charge is 3.00 e. The summed E-state index contributed by atoms with van der Waals surface area (Å²) >= 11 is 0. The summed E-state index contributed by atoms with van der Waals surface area (Å²) in [5.41, 5.74) is 11.1. The number of rotatable bonds is 4. The predicted octanol–water partition coefficient (Wildman–Crippen LogP) is 1.24. The molecule has 0 heterocycles. The van der Waals surface area contributed by atoms with Crippen molar-refractivity contribution >= 4 is 14.7 Å². The van der Waals surface area contributed by atoms with Gasteiger partial charge in [0.1, 0.15) is 0 Å². The van der Waals surface area contributed by atoms with E-state index in [1.54, 1.807) is 0 Å². The van der Waals surface area contributed by atoms with Crippen molar-refractivity contribution in [1.82, 2.24) is 0 Å². The molecule has 1 fully saturated rings. The number of amides is 1. The third-order valence-electron chi connectivity index (χ3n) is 6.93. The van der Waals surface area contributed by atoms with Crippen molar-refractivity contribution in [2.45, 2.75) is 103 Å². The Hall–Kier alpha value is 0.461. The van der Waals surface area contributed by atoms with Crippen LogP contribution in [-0.4, -0.2) is 14.7 Å². The molecule has 2 rings (SSSR count). The minimum atomic E-state index is -1.07. The second-order valence-electron chi connectivity index (χ2n) is 8.96. The van der Waals surface area contributed by atoms with Crippen LogP contribution in [0.4, 0.5) is 0 Å². The van der Waals surface area contributed by atoms with Crippen LogP contribution in [-0.2, 0) is 26.5 Å². The first-order valence-electron chi connectivity index (χ1n) is 11.1. The van der Waals surface area contributed by atoms with Crippen molar-refractivity contribution in [2.75, 3.05) is 0 Å². The number of hydrogen-bond acceptors (Lipinski definition) is 1. The van der Waals surface area contributed by atoms with Crippen molar-refractivity contribution in [3.63, 3.8) is 0 Å². The molecule has 0 aromatic carbocycles. The van der Waals surface area contributed by atoms with E-state index < -0.39 is 14.2 Å². The maximum atomic E-state index is 13.1. The van der Waals surface area contributed by atoms with Gasteiger partial charge in [0, 0.05) is 14.2 Å². The molecule has 3 unspecified atom stereocenters. The fourth-order valence-corrected chi connectivity index (χ4v) is 8.18. The first kappa shape index (κ1) is 31.6. The van der Waals surface area contributed by atoms with Crippen LogP contribution in [0.2, 0.25) is 18.6 Å². The van der Waals surface area contributed by atoms with Crippen LogP contribution in [0, 0.1) is 11.3 Å². The van der Waals surface area contributed by atoms with Gasteiger partial charge < -0.3 is 35.3 Å². The second-order valence-corrected chi connectivity index (χ2v) is 12.3. The maximum Gasteiger partial charge on any atom is 3.00 e. The third-order valence-corrected chi connectivity index (χ3v) is 9.44. The van der Waals surface area contributed by atoms with Crippen LogP contribution in [0.5, 0.6) is 0 Å². The smallest absolute Gasteiger partial charge is 1.00 e. The minimum absolute atomic E-state index is 0. The third kappa shape index (κ3) is 7.53. The number of halogens is 2. The summed E-state index contributed by atoms with van der Waals surface area (Å²) in [6.45, 7) is 9.27. The summed E-state index contributed by atoms with van der Waals surface area (Å²) in [5.74, 6) is 0.0414. The molecular formula is C23H40Cl2NOSiTi. The zero-order chi connectivity index (χ0) is 19.2. The topological polar surface area (TPSA) is 40.9 Å². The van der Waals surface area contributed by atoms with E-state index in [4.69, 9.17) is 5.73 Å². The average Bonchev–Trinajstić information content (AvgIpc) is 2.96. The molecule has 0 aliphatic heterocycles. The fraction of sp³-hybridized carbons (Fsp3) is 0.783. The molecule has 0 bridgehead atoms. The predicted molar refractivity (Wildman–Crippen MR) is 116 cm³/mol. The van der Waals surface area contributed by atoms with Crippen LogP contribution in [0.1, 0.15) is 84.5 Å². The Morgan fingerprint density at radius 2 is 1.59 bits per heavy atom. The van der Waals surface area contributed by atoms with Crippen LogP contribution in [0.15, 0.2) is 23.3 Å². The molecule has 2 nitrogen and oxygen atoms in total. The number of carbonyl (C=O) groups excluding carboxylic acids is 1. The number of carbonyl (C=O) groups is 1. The molecule has 3 atom stereocenters. The van der Waals surface area contributed by atoms with Gasteiger partial charge in [-0.25, -0.2) is 0 Å². The number of hydrogen-bond donors (Lipinski definition) is 0. The maximum absolute atomic E-state index is 13.1. The summed E-state index contributed by atoms with van der Waals surface area (Å²) in [4.78, 5) is 13.1. The molecule has 0 aromatic rings. The van der Waals surface area contributed by atoms with Crippen molar-refractivity contribution < 1.29 is 51.3 Å². The normalized spacial score (nSPS) is 28.4. The van der Waals surface area contributed by atoms with Gasteiger partial charge in [-0.05, 0) is 35.4 Å². The van der Waals surface area contributed by atoms with Crippen LogP contribution >= 0.6 is 0 Å². The van der Waals surface area contributed by atoms with Gasteiger partial charge in [0.25, 0.3) is 0 Å². The summed E-state index contributed by atoms with van der Waals surface area (Å²) < 4.78 is 0. The molecule has 1 saturated carbocycles. The van der Waals surface area contributed by atoms with Gasteiger partial charge in [0.05, 0.1) is 5.91 Å². The van der Waals surface area contributed by atoms with E-state index in [2.05, 4.69) is 39.1 Å². The van der Waals surface area contributed by atoms with Gasteiger partial charge >= 0.3 is 21.7 Å². The summed E-state index contributed by atoms with van der Waals surface area (Å²) in [7, 11) is -1.07. The van der Waals surface area contributed by atoms with Gasteiger partial charge in [0.2, 0.25) is 0 Å². The molecule has 6 heteroatoms. The minimum Gasteiger partial charge on any atom is -1.00 e. The Morgan fingerprint density at radius 1 is 1.07 bits per heavy atom. The molecule has 2 aliphatic carbocycles. The van der Waals surface area contributed by atoms with Crippen LogP contribution < -0.4 is 24.8 Å². The van der Waals surface area contributed by atoms with Gasteiger partial charge in [-0.15, -0.1) is 0 Å². The Morgan fingerprint density at radius 3 is 2.07 bits per heavy atom. The van der Waals surface area contributed by atoms with Gasteiger partial charge in [-0.1, -0.05) is 96.9 Å². The van der Waals surface area contributed by atoms with E-state index in [1.807, 2.05) is 0 Å². The van der Waals surface area contributed by atoms with Crippen LogP contribution in [0.25, 0.3) is 5.73 Å². The molecular weight excluding hydrogens is 453 g/mol. The Balaban J connectivity index is 0. The van der Waals surface area contributed by atoms with E-state index in [9.17, 15) is 4.79 Å². The number of nitrogens with one attached hydrogen (secondary N) is 1. The molecule has 0 saturated heterocycles. The Bertz CT molecular complexity index is 553. The fourth-order valence-electron chi connectivity index (χ4n) is 5.64. The molecule has 1 N–H and O–H groups in total. The molecule has 1 amide bonds. The zero-order valence-electron chi connectivity index (χ0n) is 18.8.